The van der Waals surface area contributed by atoms with Gasteiger partial charge in [0.2, 0.25) is 0 Å². The molecule has 0 atom stereocenters. The summed E-state index contributed by atoms with van der Waals surface area (Å²) in [5, 5.41) is 0.708. The molecule has 1 nitrogen and oxygen atoms in total. The topological polar surface area (TPSA) is 9.23 Å². The molecule has 69 valence electrons. The molecule has 2 rings (SSSR count). The van der Waals surface area contributed by atoms with Gasteiger partial charge in [-0.25, -0.2) is 0 Å². The van der Waals surface area contributed by atoms with Crippen molar-refractivity contribution < 1.29 is 4.74 Å². The van der Waals surface area contributed by atoms with E-state index in [1.165, 1.54) is 0 Å². The van der Waals surface area contributed by atoms with Crippen LogP contribution in [0, 0.1) is 6.61 Å². The van der Waals surface area contributed by atoms with Crippen LogP contribution in [0.1, 0.15) is 12.8 Å². The van der Waals surface area contributed by atoms with E-state index >= 15 is 0 Å². The van der Waals surface area contributed by atoms with Crippen LogP contribution >= 0.6 is 23.2 Å². The summed E-state index contributed by atoms with van der Waals surface area (Å²) in [5.41, 5.74) is 0. The lowest BCUT2D eigenvalue weighted by Gasteiger charge is -2.07. The van der Waals surface area contributed by atoms with E-state index in [2.05, 4.69) is 0 Å². The fourth-order valence-electron chi connectivity index (χ4n) is 0.924. The first-order valence-electron chi connectivity index (χ1n) is 4.13. The molecule has 13 heavy (non-hydrogen) atoms. The number of halogens is 2. The third-order valence-electron chi connectivity index (χ3n) is 1.95. The molecule has 1 saturated carbocycles. The quantitative estimate of drug-likeness (QED) is 0.700. The van der Waals surface area contributed by atoms with Gasteiger partial charge >= 0.3 is 0 Å². The van der Waals surface area contributed by atoms with E-state index in [9.17, 15) is 0 Å². The molecule has 0 heterocycles. The Balaban J connectivity index is 1.91. The van der Waals surface area contributed by atoms with Crippen LogP contribution in [-0.4, -0.2) is 4.87 Å². The van der Waals surface area contributed by atoms with Crippen molar-refractivity contribution in [3.8, 4) is 5.75 Å². The van der Waals surface area contributed by atoms with Crippen LogP contribution in [-0.2, 0) is 0 Å². The average Bonchev–Trinajstić information content (AvgIpc) is 2.84. The first-order chi connectivity index (χ1) is 6.18. The maximum absolute atomic E-state index is 6.02. The van der Waals surface area contributed by atoms with Crippen LogP contribution in [0.2, 0.25) is 5.02 Å². The second-order valence-electron chi connectivity index (χ2n) is 3.22. The van der Waals surface area contributed by atoms with E-state index in [1.807, 2.05) is 12.1 Å². The van der Waals surface area contributed by atoms with Crippen molar-refractivity contribution in [3.63, 3.8) is 0 Å². The molecule has 1 fully saturated rings. The van der Waals surface area contributed by atoms with Crippen LogP contribution in [0.25, 0.3) is 0 Å². The minimum atomic E-state index is -0.209. The van der Waals surface area contributed by atoms with Crippen molar-refractivity contribution in [2.75, 3.05) is 0 Å². The maximum atomic E-state index is 6.02. The van der Waals surface area contributed by atoms with Gasteiger partial charge in [-0.3, -0.25) is 0 Å². The van der Waals surface area contributed by atoms with Crippen molar-refractivity contribution in [3.05, 3.63) is 35.9 Å². The summed E-state index contributed by atoms with van der Waals surface area (Å²) in [7, 11) is 0. The molecule has 3 heteroatoms. The highest BCUT2D eigenvalue weighted by Gasteiger charge is 2.42. The minimum absolute atomic E-state index is 0.209. The Morgan fingerprint density at radius 2 is 1.85 bits per heavy atom. The normalized spacial score (nSPS) is 18.3. The van der Waals surface area contributed by atoms with Gasteiger partial charge in [0.25, 0.3) is 0 Å². The first kappa shape index (κ1) is 9.17. The van der Waals surface area contributed by atoms with E-state index in [-0.39, 0.29) is 4.87 Å². The summed E-state index contributed by atoms with van der Waals surface area (Å²) in [6.45, 7) is 1.69. The third kappa shape index (κ3) is 2.52. The van der Waals surface area contributed by atoms with Crippen molar-refractivity contribution in [1.82, 2.24) is 0 Å². The van der Waals surface area contributed by atoms with Gasteiger partial charge in [-0.1, -0.05) is 11.6 Å². The van der Waals surface area contributed by atoms with E-state index in [1.54, 1.807) is 18.7 Å². The van der Waals surface area contributed by atoms with Crippen molar-refractivity contribution in [2.24, 2.45) is 0 Å². The summed E-state index contributed by atoms with van der Waals surface area (Å²) < 4.78 is 5.37. The van der Waals surface area contributed by atoms with Gasteiger partial charge in [0.05, 0.1) is 4.87 Å². The molecule has 1 aromatic carbocycles. The fourth-order valence-corrected chi connectivity index (χ4v) is 1.19. The highest BCUT2D eigenvalue weighted by Crippen LogP contribution is 2.45. The zero-order valence-corrected chi connectivity index (χ0v) is 8.48. The Kier molecular flexibility index (Phi) is 2.39. The second-order valence-corrected chi connectivity index (χ2v) is 4.41. The zero-order chi connectivity index (χ0) is 9.31. The van der Waals surface area contributed by atoms with E-state index in [0.29, 0.717) is 5.02 Å². The van der Waals surface area contributed by atoms with E-state index in [4.69, 9.17) is 27.9 Å². The summed E-state index contributed by atoms with van der Waals surface area (Å²) in [6, 6.07) is 7.22. The molecule has 0 saturated heterocycles. The lowest BCUT2D eigenvalue weighted by atomic mass is 10.3. The molecule has 1 aliphatic carbocycles. The molecule has 1 aliphatic rings. The standard InChI is InChI=1S/C10H9Cl2O/c11-8-1-3-9(4-2-8)13-7-10(12)5-6-10/h1-4,7H,5-6H2. The number of benzene rings is 1. The number of rotatable bonds is 3. The van der Waals surface area contributed by atoms with Gasteiger partial charge in [0.1, 0.15) is 5.75 Å². The first-order valence-corrected chi connectivity index (χ1v) is 4.89. The van der Waals surface area contributed by atoms with Crippen molar-refractivity contribution in [1.29, 1.82) is 0 Å². The molecule has 1 radical (unpaired) electrons. The van der Waals surface area contributed by atoms with Gasteiger partial charge in [-0.15, -0.1) is 11.6 Å². The molecule has 0 N–H and O–H groups in total. The van der Waals surface area contributed by atoms with Crippen molar-refractivity contribution >= 4 is 23.2 Å². The molecule has 0 amide bonds. The fraction of sp³-hybridized carbons (Fsp3) is 0.300. The smallest absolute Gasteiger partial charge is 0.156 e. The Bertz CT molecular complexity index is 290. The molecular formula is C10H9Cl2O. The van der Waals surface area contributed by atoms with Crippen LogP contribution in [0.15, 0.2) is 24.3 Å². The lowest BCUT2D eigenvalue weighted by Crippen LogP contribution is -2.04. The summed E-state index contributed by atoms with van der Waals surface area (Å²) in [6.07, 6.45) is 2.00. The average molecular weight is 216 g/mol. The predicted octanol–water partition coefficient (Wildman–Crippen LogP) is 3.65. The molecule has 0 aromatic heterocycles. The molecule has 0 bridgehead atoms. The molecule has 0 spiro atoms. The Morgan fingerprint density at radius 1 is 1.23 bits per heavy atom. The van der Waals surface area contributed by atoms with E-state index in [0.717, 1.165) is 18.6 Å². The van der Waals surface area contributed by atoms with Crippen LogP contribution < -0.4 is 4.74 Å². The summed E-state index contributed by atoms with van der Waals surface area (Å²) in [4.78, 5) is -0.209. The summed E-state index contributed by atoms with van der Waals surface area (Å²) in [5.74, 6) is 0.774. The van der Waals surface area contributed by atoms with Crippen LogP contribution in [0.4, 0.5) is 0 Å². The van der Waals surface area contributed by atoms with Crippen molar-refractivity contribution in [2.45, 2.75) is 17.7 Å². The largest absolute Gasteiger partial charge is 0.485 e. The molecule has 1 aromatic rings. The second kappa shape index (κ2) is 3.39. The third-order valence-corrected chi connectivity index (χ3v) is 2.67. The summed E-state index contributed by atoms with van der Waals surface area (Å²) >= 11 is 11.7. The highest BCUT2D eigenvalue weighted by atomic mass is 35.5. The maximum Gasteiger partial charge on any atom is 0.156 e. The zero-order valence-electron chi connectivity index (χ0n) is 6.97. The molecular weight excluding hydrogens is 207 g/mol. The molecule has 0 aliphatic heterocycles. The highest BCUT2D eigenvalue weighted by molar-refractivity contribution is 6.30. The number of hydrogen-bond acceptors (Lipinski definition) is 1. The Morgan fingerprint density at radius 3 is 2.38 bits per heavy atom. The minimum Gasteiger partial charge on any atom is -0.485 e. The van der Waals surface area contributed by atoms with Gasteiger partial charge in [0.15, 0.2) is 6.61 Å². The number of alkyl halides is 1. The Labute approximate surface area is 87.6 Å². The SMILES string of the molecule is Clc1ccc(O[CH]C2(Cl)CC2)cc1. The monoisotopic (exact) mass is 215 g/mol. The lowest BCUT2D eigenvalue weighted by molar-refractivity contribution is 0.390. The van der Waals surface area contributed by atoms with E-state index < -0.39 is 0 Å². The van der Waals surface area contributed by atoms with Gasteiger partial charge in [-0.2, -0.15) is 0 Å². The van der Waals surface area contributed by atoms with Gasteiger partial charge in [-0.05, 0) is 37.1 Å². The van der Waals surface area contributed by atoms with Gasteiger partial charge in [0, 0.05) is 5.02 Å². The molecule has 0 unspecified atom stereocenters. The van der Waals surface area contributed by atoms with Crippen LogP contribution in [0.5, 0.6) is 5.75 Å². The van der Waals surface area contributed by atoms with Crippen LogP contribution in [0.3, 0.4) is 0 Å². The predicted molar refractivity (Wildman–Crippen MR) is 54.2 cm³/mol. The Hall–Kier alpha value is -0.400. The van der Waals surface area contributed by atoms with Gasteiger partial charge < -0.3 is 4.74 Å². The number of hydrogen-bond donors (Lipinski definition) is 0. The number of ether oxygens (including phenoxy) is 1.